The lowest BCUT2D eigenvalue weighted by atomic mass is 10.1. The first-order chi connectivity index (χ1) is 6.65. The molecule has 0 saturated carbocycles. The summed E-state index contributed by atoms with van der Waals surface area (Å²) in [6.07, 6.45) is 0. The fraction of sp³-hybridized carbons (Fsp3) is 0.364. The number of anilines is 1. The quantitative estimate of drug-likeness (QED) is 0.553. The van der Waals surface area contributed by atoms with Crippen LogP contribution in [0.1, 0.15) is 29.8 Å². The van der Waals surface area contributed by atoms with Crippen LogP contribution >= 0.6 is 0 Å². The van der Waals surface area contributed by atoms with Gasteiger partial charge in [-0.1, -0.05) is 19.9 Å². The van der Waals surface area contributed by atoms with Gasteiger partial charge < -0.3 is 10.5 Å². The molecule has 1 aromatic rings. The Morgan fingerprint density at radius 2 is 1.93 bits per heavy atom. The van der Waals surface area contributed by atoms with E-state index in [0.29, 0.717) is 11.3 Å². The number of hydrogen-bond donors (Lipinski definition) is 1. The molecular weight excluding hydrogens is 178 g/mol. The number of hydrogen-bond acceptors (Lipinski definition) is 3. The molecule has 0 aliphatic rings. The molecule has 3 nitrogen and oxygen atoms in total. The highest BCUT2D eigenvalue weighted by molar-refractivity contribution is 5.91. The summed E-state index contributed by atoms with van der Waals surface area (Å²) in [5.41, 5.74) is 7.48. The number of ether oxygens (including phenoxy) is 1. The van der Waals surface area contributed by atoms with Crippen molar-refractivity contribution in [3.05, 3.63) is 29.3 Å². The molecule has 0 fully saturated rings. The smallest absolute Gasteiger partial charge is 0.338 e. The number of aryl methyl sites for hydroxylation is 1. The van der Waals surface area contributed by atoms with Crippen LogP contribution in [0.2, 0.25) is 0 Å². The maximum absolute atomic E-state index is 11.1. The number of nitrogens with two attached hydrogens (primary N) is 1. The Morgan fingerprint density at radius 1 is 1.36 bits per heavy atom. The molecule has 1 aromatic carbocycles. The molecule has 0 aliphatic carbocycles. The first-order valence-corrected chi connectivity index (χ1v) is 4.59. The van der Waals surface area contributed by atoms with Crippen molar-refractivity contribution in [2.24, 2.45) is 0 Å². The third kappa shape index (κ3) is 3.09. The second-order valence-electron chi connectivity index (χ2n) is 2.57. The van der Waals surface area contributed by atoms with Crippen molar-refractivity contribution in [3.63, 3.8) is 0 Å². The summed E-state index contributed by atoms with van der Waals surface area (Å²) in [6, 6.07) is 5.16. The zero-order valence-corrected chi connectivity index (χ0v) is 9.13. The summed E-state index contributed by atoms with van der Waals surface area (Å²) in [4.78, 5) is 11.1. The third-order valence-electron chi connectivity index (χ3n) is 1.67. The Morgan fingerprint density at radius 3 is 2.43 bits per heavy atom. The Hall–Kier alpha value is -1.51. The maximum Gasteiger partial charge on any atom is 0.338 e. The predicted octanol–water partition coefficient (Wildman–Crippen LogP) is 2.39. The molecule has 0 unspecified atom stereocenters. The van der Waals surface area contributed by atoms with E-state index in [2.05, 4.69) is 4.74 Å². The van der Waals surface area contributed by atoms with Crippen molar-refractivity contribution >= 4 is 11.7 Å². The van der Waals surface area contributed by atoms with Crippen LogP contribution in [0.25, 0.3) is 0 Å². The molecule has 1 rings (SSSR count). The van der Waals surface area contributed by atoms with Crippen molar-refractivity contribution in [3.8, 4) is 0 Å². The number of esters is 1. The van der Waals surface area contributed by atoms with Crippen LogP contribution in [0.15, 0.2) is 18.2 Å². The van der Waals surface area contributed by atoms with E-state index in [-0.39, 0.29) is 5.97 Å². The van der Waals surface area contributed by atoms with Crippen LogP contribution in [0, 0.1) is 6.92 Å². The predicted molar refractivity (Wildman–Crippen MR) is 58.3 cm³/mol. The van der Waals surface area contributed by atoms with Gasteiger partial charge >= 0.3 is 5.97 Å². The zero-order valence-electron chi connectivity index (χ0n) is 9.13. The van der Waals surface area contributed by atoms with Gasteiger partial charge in [-0.3, -0.25) is 0 Å². The maximum atomic E-state index is 11.1. The van der Waals surface area contributed by atoms with Gasteiger partial charge in [0.1, 0.15) is 0 Å². The monoisotopic (exact) mass is 195 g/mol. The Balaban J connectivity index is 0.000000791. The second kappa shape index (κ2) is 6.02. The molecule has 0 aromatic heterocycles. The second-order valence-corrected chi connectivity index (χ2v) is 2.57. The molecule has 0 saturated heterocycles. The van der Waals surface area contributed by atoms with Gasteiger partial charge in [0.25, 0.3) is 0 Å². The van der Waals surface area contributed by atoms with E-state index < -0.39 is 0 Å². The van der Waals surface area contributed by atoms with E-state index in [9.17, 15) is 4.79 Å². The molecule has 0 spiro atoms. The number of rotatable bonds is 1. The Bertz CT molecular complexity index is 308. The van der Waals surface area contributed by atoms with E-state index in [4.69, 9.17) is 5.73 Å². The van der Waals surface area contributed by atoms with Crippen molar-refractivity contribution in [1.82, 2.24) is 0 Å². The Labute approximate surface area is 84.9 Å². The molecule has 2 N–H and O–H groups in total. The van der Waals surface area contributed by atoms with Crippen LogP contribution in [0.3, 0.4) is 0 Å². The van der Waals surface area contributed by atoms with Crippen LogP contribution in [0.4, 0.5) is 5.69 Å². The molecule has 78 valence electrons. The lowest BCUT2D eigenvalue weighted by molar-refractivity contribution is 0.0600. The summed E-state index contributed by atoms with van der Waals surface area (Å²) >= 11 is 0. The van der Waals surface area contributed by atoms with E-state index in [1.165, 1.54) is 7.11 Å². The molecule has 3 heteroatoms. The molecule has 0 aliphatic heterocycles. The van der Waals surface area contributed by atoms with Gasteiger partial charge in [-0.2, -0.15) is 0 Å². The number of benzene rings is 1. The van der Waals surface area contributed by atoms with Crippen molar-refractivity contribution in [2.45, 2.75) is 20.8 Å². The summed E-state index contributed by atoms with van der Waals surface area (Å²) < 4.78 is 4.58. The summed E-state index contributed by atoms with van der Waals surface area (Å²) in [7, 11) is 1.35. The molecule has 14 heavy (non-hydrogen) atoms. The number of nitrogen functional groups attached to an aromatic ring is 1. The normalized spacial score (nSPS) is 8.57. The highest BCUT2D eigenvalue weighted by Gasteiger charge is 2.08. The minimum Gasteiger partial charge on any atom is -0.465 e. The third-order valence-corrected chi connectivity index (χ3v) is 1.67. The number of carbonyl (C=O) groups is 1. The van der Waals surface area contributed by atoms with Gasteiger partial charge in [-0.25, -0.2) is 4.79 Å². The van der Waals surface area contributed by atoms with Crippen LogP contribution in [0.5, 0.6) is 0 Å². The molecule has 0 bridgehead atoms. The van der Waals surface area contributed by atoms with Gasteiger partial charge in [0, 0.05) is 5.69 Å². The zero-order chi connectivity index (χ0) is 11.1. The molecule has 0 atom stereocenters. The lowest BCUT2D eigenvalue weighted by Crippen LogP contribution is -2.04. The molecule has 0 radical (unpaired) electrons. The average molecular weight is 195 g/mol. The average Bonchev–Trinajstić information content (AvgIpc) is 2.23. The minimum absolute atomic E-state index is 0.347. The van der Waals surface area contributed by atoms with Gasteiger partial charge in [0.05, 0.1) is 12.7 Å². The summed E-state index contributed by atoms with van der Waals surface area (Å²) in [5, 5.41) is 0. The fourth-order valence-corrected chi connectivity index (χ4v) is 0.969. The van der Waals surface area contributed by atoms with Gasteiger partial charge in [-0.15, -0.1) is 0 Å². The molecule has 0 amide bonds. The highest BCUT2D eigenvalue weighted by Crippen LogP contribution is 2.13. The van der Waals surface area contributed by atoms with E-state index in [0.717, 1.165) is 5.56 Å². The molecular formula is C11H17NO2. The van der Waals surface area contributed by atoms with Gasteiger partial charge in [-0.05, 0) is 24.6 Å². The van der Waals surface area contributed by atoms with Crippen molar-refractivity contribution in [2.75, 3.05) is 12.8 Å². The summed E-state index contributed by atoms with van der Waals surface area (Å²) in [5.74, 6) is -0.347. The topological polar surface area (TPSA) is 52.3 Å². The van der Waals surface area contributed by atoms with E-state index in [1.54, 1.807) is 18.2 Å². The first-order valence-electron chi connectivity index (χ1n) is 4.59. The standard InChI is InChI=1S/C9H11NO2.C2H6/c1-6-3-4-7(10)5-8(6)9(11)12-2;1-2/h3-5H,10H2,1-2H3;1-2H3. The number of methoxy groups -OCH3 is 1. The SMILES string of the molecule is CC.COC(=O)c1cc(N)ccc1C. The van der Waals surface area contributed by atoms with Gasteiger partial charge in [0.2, 0.25) is 0 Å². The highest BCUT2D eigenvalue weighted by atomic mass is 16.5. The van der Waals surface area contributed by atoms with Crippen LogP contribution < -0.4 is 5.73 Å². The van der Waals surface area contributed by atoms with E-state index >= 15 is 0 Å². The minimum atomic E-state index is -0.347. The molecule has 0 heterocycles. The number of carbonyl (C=O) groups excluding carboxylic acids is 1. The Kier molecular flexibility index (Phi) is 5.37. The van der Waals surface area contributed by atoms with Crippen molar-refractivity contribution in [1.29, 1.82) is 0 Å². The first kappa shape index (κ1) is 12.5. The van der Waals surface area contributed by atoms with Gasteiger partial charge in [0.15, 0.2) is 0 Å². The lowest BCUT2D eigenvalue weighted by Gasteiger charge is -2.03. The largest absolute Gasteiger partial charge is 0.465 e. The van der Waals surface area contributed by atoms with E-state index in [1.807, 2.05) is 20.8 Å². The summed E-state index contributed by atoms with van der Waals surface area (Å²) in [6.45, 7) is 5.84. The van der Waals surface area contributed by atoms with Crippen LogP contribution in [-0.4, -0.2) is 13.1 Å². The van der Waals surface area contributed by atoms with Crippen LogP contribution in [-0.2, 0) is 4.74 Å². The fourth-order valence-electron chi connectivity index (χ4n) is 0.969. The van der Waals surface area contributed by atoms with Crippen molar-refractivity contribution < 1.29 is 9.53 Å².